The quantitative estimate of drug-likeness (QED) is 0.777. The molecular formula is C23H38N4O. The van der Waals surface area contributed by atoms with Crippen molar-refractivity contribution in [2.24, 2.45) is 5.41 Å². The number of likely N-dealkylation sites (N-methyl/N-ethyl adjacent to an activating group) is 1. The summed E-state index contributed by atoms with van der Waals surface area (Å²) in [6.45, 7) is 15.9. The SMILES string of the molecule is CCN1CCN(CCOc2ccc(CN3CCC[C@@]4(CCNC4)C3)cc2)CC1. The summed E-state index contributed by atoms with van der Waals surface area (Å²) >= 11 is 0. The molecule has 0 bridgehead atoms. The van der Waals surface area contributed by atoms with Crippen molar-refractivity contribution in [1.29, 1.82) is 0 Å². The van der Waals surface area contributed by atoms with Gasteiger partial charge in [0, 0.05) is 52.4 Å². The van der Waals surface area contributed by atoms with Gasteiger partial charge in [-0.2, -0.15) is 0 Å². The highest BCUT2D eigenvalue weighted by molar-refractivity contribution is 5.27. The fourth-order valence-electron chi connectivity index (χ4n) is 5.16. The van der Waals surface area contributed by atoms with Gasteiger partial charge in [0.1, 0.15) is 12.4 Å². The molecule has 3 aliphatic heterocycles. The van der Waals surface area contributed by atoms with Crippen LogP contribution in [0.4, 0.5) is 0 Å². The summed E-state index contributed by atoms with van der Waals surface area (Å²) in [5.41, 5.74) is 1.95. The van der Waals surface area contributed by atoms with E-state index in [1.807, 2.05) is 0 Å². The van der Waals surface area contributed by atoms with Crippen molar-refractivity contribution >= 4 is 0 Å². The molecule has 156 valence electrons. The summed E-state index contributed by atoms with van der Waals surface area (Å²) in [7, 11) is 0. The summed E-state index contributed by atoms with van der Waals surface area (Å²) < 4.78 is 6.01. The molecule has 0 saturated carbocycles. The van der Waals surface area contributed by atoms with Crippen LogP contribution in [0.5, 0.6) is 5.75 Å². The van der Waals surface area contributed by atoms with Crippen molar-refractivity contribution in [2.45, 2.75) is 32.7 Å². The number of piperidine rings is 1. The van der Waals surface area contributed by atoms with Crippen LogP contribution in [0.3, 0.4) is 0 Å². The third-order valence-corrected chi connectivity index (χ3v) is 6.99. The molecule has 4 rings (SSSR count). The summed E-state index contributed by atoms with van der Waals surface area (Å²) in [6.07, 6.45) is 4.09. The van der Waals surface area contributed by atoms with Gasteiger partial charge in [0.2, 0.25) is 0 Å². The lowest BCUT2D eigenvalue weighted by molar-refractivity contribution is 0.0978. The van der Waals surface area contributed by atoms with E-state index in [0.29, 0.717) is 5.41 Å². The number of rotatable bonds is 7. The Bertz CT molecular complexity index is 591. The minimum absolute atomic E-state index is 0.546. The molecule has 0 aliphatic carbocycles. The van der Waals surface area contributed by atoms with Gasteiger partial charge in [-0.3, -0.25) is 9.80 Å². The smallest absolute Gasteiger partial charge is 0.119 e. The van der Waals surface area contributed by atoms with Crippen LogP contribution in [0.2, 0.25) is 0 Å². The molecule has 1 aromatic rings. The molecule has 1 N–H and O–H groups in total. The Morgan fingerprint density at radius 3 is 2.46 bits per heavy atom. The number of piperazine rings is 1. The zero-order valence-corrected chi connectivity index (χ0v) is 17.7. The fourth-order valence-corrected chi connectivity index (χ4v) is 5.16. The number of hydrogen-bond donors (Lipinski definition) is 1. The van der Waals surface area contributed by atoms with Crippen molar-refractivity contribution in [3.63, 3.8) is 0 Å². The van der Waals surface area contributed by atoms with Crippen LogP contribution >= 0.6 is 0 Å². The number of nitrogens with one attached hydrogen (secondary N) is 1. The first kappa shape index (κ1) is 20.1. The molecule has 0 radical (unpaired) electrons. The highest BCUT2D eigenvalue weighted by Crippen LogP contribution is 2.36. The maximum Gasteiger partial charge on any atom is 0.119 e. The van der Waals surface area contributed by atoms with Crippen molar-refractivity contribution in [1.82, 2.24) is 20.0 Å². The summed E-state index contributed by atoms with van der Waals surface area (Å²) in [5, 5.41) is 3.57. The predicted molar refractivity (Wildman–Crippen MR) is 115 cm³/mol. The topological polar surface area (TPSA) is 31.0 Å². The van der Waals surface area contributed by atoms with Crippen LogP contribution < -0.4 is 10.1 Å². The number of benzene rings is 1. The third-order valence-electron chi connectivity index (χ3n) is 6.99. The van der Waals surface area contributed by atoms with Gasteiger partial charge in [-0.05, 0) is 62.0 Å². The molecule has 28 heavy (non-hydrogen) atoms. The Balaban J connectivity index is 1.19. The number of ether oxygens (including phenoxy) is 1. The van der Waals surface area contributed by atoms with E-state index in [1.54, 1.807) is 0 Å². The van der Waals surface area contributed by atoms with E-state index in [1.165, 1.54) is 83.7 Å². The molecule has 0 aromatic heterocycles. The average molecular weight is 387 g/mol. The van der Waals surface area contributed by atoms with E-state index < -0.39 is 0 Å². The number of nitrogens with zero attached hydrogens (tertiary/aromatic N) is 3. The van der Waals surface area contributed by atoms with Crippen LogP contribution in [0, 0.1) is 5.41 Å². The lowest BCUT2D eigenvalue weighted by Gasteiger charge is -2.40. The third kappa shape index (κ3) is 5.26. The zero-order valence-electron chi connectivity index (χ0n) is 17.7. The lowest BCUT2D eigenvalue weighted by Crippen LogP contribution is -2.47. The van der Waals surface area contributed by atoms with Gasteiger partial charge in [0.05, 0.1) is 0 Å². The predicted octanol–water partition coefficient (Wildman–Crippen LogP) is 2.28. The van der Waals surface area contributed by atoms with Crippen LogP contribution in [0.1, 0.15) is 31.7 Å². The normalized spacial score (nSPS) is 27.5. The standard InChI is InChI=1S/C23H38N4O/c1-2-25-12-14-26(15-13-25)16-17-28-22-6-4-21(5-7-22)18-27-11-3-8-23(20-27)9-10-24-19-23/h4-7,24H,2-3,8-20H2,1H3/t23-/m0/s1. The average Bonchev–Trinajstić information content (AvgIpc) is 3.17. The van der Waals surface area contributed by atoms with Gasteiger partial charge < -0.3 is 15.0 Å². The summed E-state index contributed by atoms with van der Waals surface area (Å²) in [5.74, 6) is 1.01. The second-order valence-corrected chi connectivity index (χ2v) is 9.01. The maximum atomic E-state index is 6.01. The Hall–Kier alpha value is -1.14. The summed E-state index contributed by atoms with van der Waals surface area (Å²) in [6, 6.07) is 8.81. The minimum atomic E-state index is 0.546. The highest BCUT2D eigenvalue weighted by atomic mass is 16.5. The molecule has 0 amide bonds. The monoisotopic (exact) mass is 386 g/mol. The van der Waals surface area contributed by atoms with Gasteiger partial charge in [0.25, 0.3) is 0 Å². The molecule has 1 spiro atoms. The summed E-state index contributed by atoms with van der Waals surface area (Å²) in [4.78, 5) is 7.69. The Kier molecular flexibility index (Phi) is 6.89. The second-order valence-electron chi connectivity index (χ2n) is 9.01. The molecule has 5 nitrogen and oxygen atoms in total. The molecule has 1 atom stereocenters. The molecule has 3 saturated heterocycles. The van der Waals surface area contributed by atoms with Crippen molar-refractivity contribution in [2.75, 3.05) is 72.1 Å². The fraction of sp³-hybridized carbons (Fsp3) is 0.739. The van der Waals surface area contributed by atoms with Crippen molar-refractivity contribution in [3.8, 4) is 5.75 Å². The first-order chi connectivity index (χ1) is 13.7. The van der Waals surface area contributed by atoms with Crippen LogP contribution in [-0.4, -0.2) is 86.8 Å². The zero-order chi connectivity index (χ0) is 19.2. The van der Waals surface area contributed by atoms with Crippen molar-refractivity contribution in [3.05, 3.63) is 29.8 Å². The number of likely N-dealkylation sites (tertiary alicyclic amines) is 1. The van der Waals surface area contributed by atoms with Crippen LogP contribution in [0.25, 0.3) is 0 Å². The second kappa shape index (κ2) is 9.57. The van der Waals surface area contributed by atoms with E-state index in [-0.39, 0.29) is 0 Å². The van der Waals surface area contributed by atoms with Crippen LogP contribution in [-0.2, 0) is 6.54 Å². The molecule has 1 aromatic carbocycles. The molecule has 3 fully saturated rings. The van der Waals surface area contributed by atoms with Crippen LogP contribution in [0.15, 0.2) is 24.3 Å². The lowest BCUT2D eigenvalue weighted by atomic mass is 9.79. The largest absolute Gasteiger partial charge is 0.492 e. The van der Waals surface area contributed by atoms with Gasteiger partial charge in [-0.25, -0.2) is 0 Å². The Morgan fingerprint density at radius 2 is 1.75 bits per heavy atom. The van der Waals surface area contributed by atoms with Gasteiger partial charge in [0.15, 0.2) is 0 Å². The molecule has 3 heterocycles. The van der Waals surface area contributed by atoms with E-state index >= 15 is 0 Å². The first-order valence-corrected chi connectivity index (χ1v) is 11.3. The molecular weight excluding hydrogens is 348 g/mol. The van der Waals surface area contributed by atoms with Gasteiger partial charge in [-0.15, -0.1) is 0 Å². The molecule has 0 unspecified atom stereocenters. The minimum Gasteiger partial charge on any atom is -0.492 e. The Labute approximate surface area is 171 Å². The van der Waals surface area contributed by atoms with E-state index in [4.69, 9.17) is 4.74 Å². The van der Waals surface area contributed by atoms with E-state index in [9.17, 15) is 0 Å². The van der Waals surface area contributed by atoms with Crippen molar-refractivity contribution < 1.29 is 4.74 Å². The highest BCUT2D eigenvalue weighted by Gasteiger charge is 2.37. The molecule has 3 aliphatic rings. The van der Waals surface area contributed by atoms with E-state index in [0.717, 1.165) is 25.4 Å². The number of hydrogen-bond acceptors (Lipinski definition) is 5. The van der Waals surface area contributed by atoms with Gasteiger partial charge >= 0.3 is 0 Å². The first-order valence-electron chi connectivity index (χ1n) is 11.3. The van der Waals surface area contributed by atoms with E-state index in [2.05, 4.69) is 51.2 Å². The maximum absolute atomic E-state index is 6.01. The van der Waals surface area contributed by atoms with Gasteiger partial charge in [-0.1, -0.05) is 19.1 Å². The Morgan fingerprint density at radius 1 is 0.964 bits per heavy atom. The molecule has 5 heteroatoms.